The second-order valence-corrected chi connectivity index (χ2v) is 3.13. The van der Waals surface area contributed by atoms with Gasteiger partial charge in [-0.2, -0.15) is 0 Å². The quantitative estimate of drug-likeness (QED) is 0.757. The first-order chi connectivity index (χ1) is 6.25. The van der Waals surface area contributed by atoms with Gasteiger partial charge in [-0.25, -0.2) is 4.79 Å². The Labute approximate surface area is 78.0 Å². The zero-order valence-electron chi connectivity index (χ0n) is 7.81. The van der Waals surface area contributed by atoms with E-state index in [4.69, 9.17) is 5.11 Å². The molecule has 0 aliphatic heterocycles. The second kappa shape index (κ2) is 4.70. The van der Waals surface area contributed by atoms with Gasteiger partial charge >= 0.3 is 5.97 Å². The molecule has 3 heteroatoms. The van der Waals surface area contributed by atoms with Crippen LogP contribution < -0.4 is 0 Å². The Morgan fingerprint density at radius 3 is 2.54 bits per heavy atom. The Balaban J connectivity index is 2.63. The summed E-state index contributed by atoms with van der Waals surface area (Å²) in [6.45, 7) is 2.06. The summed E-state index contributed by atoms with van der Waals surface area (Å²) in [5, 5.41) is 8.95. The molecule has 3 nitrogen and oxygen atoms in total. The third-order valence-electron chi connectivity index (χ3n) is 2.10. The van der Waals surface area contributed by atoms with Crippen molar-refractivity contribution in [2.24, 2.45) is 0 Å². The lowest BCUT2D eigenvalue weighted by Crippen LogP contribution is -2.17. The standard InChI is InChI=1S/C10H15NO2/c1-2-3-6-9(10(12)13)11-7-4-5-8-11/h4-5,7-9H,2-3,6H2,1H3,(H,12,13). The number of carboxylic acids is 1. The fraction of sp³-hybridized carbons (Fsp3) is 0.500. The minimum absolute atomic E-state index is 0.394. The maximum Gasteiger partial charge on any atom is 0.326 e. The van der Waals surface area contributed by atoms with E-state index in [1.165, 1.54) is 0 Å². The fourth-order valence-corrected chi connectivity index (χ4v) is 1.35. The molecule has 0 radical (unpaired) electrons. The van der Waals surface area contributed by atoms with Crippen molar-refractivity contribution in [3.8, 4) is 0 Å². The van der Waals surface area contributed by atoms with E-state index in [1.807, 2.05) is 12.1 Å². The first-order valence-electron chi connectivity index (χ1n) is 4.61. The van der Waals surface area contributed by atoms with Gasteiger partial charge in [-0.3, -0.25) is 0 Å². The SMILES string of the molecule is CCCCC(C(=O)O)n1cccc1. The van der Waals surface area contributed by atoms with E-state index in [2.05, 4.69) is 6.92 Å². The highest BCUT2D eigenvalue weighted by Crippen LogP contribution is 2.15. The van der Waals surface area contributed by atoms with Crippen LogP contribution in [0.15, 0.2) is 24.5 Å². The molecule has 1 N–H and O–H groups in total. The van der Waals surface area contributed by atoms with Crippen LogP contribution in [0.1, 0.15) is 32.2 Å². The van der Waals surface area contributed by atoms with Gasteiger partial charge in [-0.05, 0) is 18.6 Å². The normalized spacial score (nSPS) is 12.7. The van der Waals surface area contributed by atoms with Gasteiger partial charge in [0.2, 0.25) is 0 Å². The van der Waals surface area contributed by atoms with Crippen molar-refractivity contribution in [2.75, 3.05) is 0 Å². The lowest BCUT2D eigenvalue weighted by atomic mass is 10.1. The highest BCUT2D eigenvalue weighted by Gasteiger charge is 2.16. The summed E-state index contributed by atoms with van der Waals surface area (Å²) in [7, 11) is 0. The molecule has 0 aliphatic rings. The Hall–Kier alpha value is -1.25. The van der Waals surface area contributed by atoms with Crippen molar-refractivity contribution < 1.29 is 9.90 Å². The number of carboxylic acid groups (broad SMARTS) is 1. The molecule has 0 fully saturated rings. The van der Waals surface area contributed by atoms with Crippen molar-refractivity contribution in [3.63, 3.8) is 0 Å². The summed E-state index contributed by atoms with van der Waals surface area (Å²) in [4.78, 5) is 10.9. The van der Waals surface area contributed by atoms with Gasteiger partial charge in [0.25, 0.3) is 0 Å². The molecule has 13 heavy (non-hydrogen) atoms. The number of aromatic nitrogens is 1. The number of unbranched alkanes of at least 4 members (excludes halogenated alkanes) is 1. The van der Waals surface area contributed by atoms with Crippen LogP contribution in [0, 0.1) is 0 Å². The van der Waals surface area contributed by atoms with Crippen molar-refractivity contribution in [1.29, 1.82) is 0 Å². The van der Waals surface area contributed by atoms with Crippen LogP contribution in [-0.4, -0.2) is 15.6 Å². The molecular formula is C10H15NO2. The molecule has 0 spiro atoms. The minimum Gasteiger partial charge on any atom is -0.480 e. The lowest BCUT2D eigenvalue weighted by molar-refractivity contribution is -0.141. The van der Waals surface area contributed by atoms with Crippen molar-refractivity contribution in [3.05, 3.63) is 24.5 Å². The molecule has 0 saturated heterocycles. The second-order valence-electron chi connectivity index (χ2n) is 3.13. The first kappa shape index (κ1) is 9.84. The predicted molar refractivity (Wildman–Crippen MR) is 50.6 cm³/mol. The molecule has 1 heterocycles. The molecule has 1 aromatic heterocycles. The third-order valence-corrected chi connectivity index (χ3v) is 2.10. The average Bonchev–Trinajstić information content (AvgIpc) is 2.57. The van der Waals surface area contributed by atoms with Crippen LogP contribution in [0.3, 0.4) is 0 Å². The highest BCUT2D eigenvalue weighted by molar-refractivity contribution is 5.71. The smallest absolute Gasteiger partial charge is 0.326 e. The zero-order chi connectivity index (χ0) is 9.68. The molecule has 0 bridgehead atoms. The molecule has 1 unspecified atom stereocenters. The molecule has 0 aromatic carbocycles. The summed E-state index contributed by atoms with van der Waals surface area (Å²) in [6.07, 6.45) is 6.30. The van der Waals surface area contributed by atoms with E-state index in [9.17, 15) is 4.79 Å². The largest absolute Gasteiger partial charge is 0.480 e. The average molecular weight is 181 g/mol. The van der Waals surface area contributed by atoms with Crippen LogP contribution in [0.4, 0.5) is 0 Å². The molecule has 0 aliphatic carbocycles. The van der Waals surface area contributed by atoms with Gasteiger partial charge < -0.3 is 9.67 Å². The van der Waals surface area contributed by atoms with Gasteiger partial charge in [0.1, 0.15) is 6.04 Å². The fourth-order valence-electron chi connectivity index (χ4n) is 1.35. The predicted octanol–water partition coefficient (Wildman–Crippen LogP) is 2.30. The Morgan fingerprint density at radius 1 is 1.46 bits per heavy atom. The van der Waals surface area contributed by atoms with Crippen molar-refractivity contribution >= 4 is 5.97 Å². The molecule has 72 valence electrons. The summed E-state index contributed by atoms with van der Waals surface area (Å²) < 4.78 is 1.75. The Bertz CT molecular complexity index is 254. The Morgan fingerprint density at radius 2 is 2.08 bits per heavy atom. The molecule has 1 aromatic rings. The van der Waals surface area contributed by atoms with E-state index in [-0.39, 0.29) is 0 Å². The zero-order valence-corrected chi connectivity index (χ0v) is 7.81. The molecule has 1 atom stereocenters. The van der Waals surface area contributed by atoms with Crippen LogP contribution in [0.25, 0.3) is 0 Å². The summed E-state index contributed by atoms with van der Waals surface area (Å²) in [5.74, 6) is -0.746. The van der Waals surface area contributed by atoms with Gasteiger partial charge in [-0.1, -0.05) is 19.8 Å². The number of rotatable bonds is 5. The topological polar surface area (TPSA) is 42.2 Å². The van der Waals surface area contributed by atoms with Crippen LogP contribution in [0.5, 0.6) is 0 Å². The van der Waals surface area contributed by atoms with Crippen LogP contribution in [0.2, 0.25) is 0 Å². The number of nitrogens with zero attached hydrogens (tertiary/aromatic N) is 1. The monoisotopic (exact) mass is 181 g/mol. The van der Waals surface area contributed by atoms with Crippen LogP contribution >= 0.6 is 0 Å². The van der Waals surface area contributed by atoms with E-state index in [0.717, 1.165) is 12.8 Å². The van der Waals surface area contributed by atoms with E-state index in [0.29, 0.717) is 6.42 Å². The van der Waals surface area contributed by atoms with Gasteiger partial charge in [0.05, 0.1) is 0 Å². The molecule has 0 amide bonds. The maximum absolute atomic E-state index is 10.9. The minimum atomic E-state index is -0.746. The number of carbonyl (C=O) groups is 1. The summed E-state index contributed by atoms with van der Waals surface area (Å²) in [6, 6.07) is 3.30. The Kier molecular flexibility index (Phi) is 3.55. The maximum atomic E-state index is 10.9. The van der Waals surface area contributed by atoms with E-state index < -0.39 is 12.0 Å². The summed E-state index contributed by atoms with van der Waals surface area (Å²) in [5.41, 5.74) is 0. The van der Waals surface area contributed by atoms with Crippen LogP contribution in [-0.2, 0) is 4.79 Å². The summed E-state index contributed by atoms with van der Waals surface area (Å²) >= 11 is 0. The number of hydrogen-bond acceptors (Lipinski definition) is 1. The lowest BCUT2D eigenvalue weighted by Gasteiger charge is -2.13. The molecule has 0 saturated carbocycles. The van der Waals surface area contributed by atoms with Crippen molar-refractivity contribution in [2.45, 2.75) is 32.2 Å². The molecular weight excluding hydrogens is 166 g/mol. The number of aliphatic carboxylic acids is 1. The van der Waals surface area contributed by atoms with E-state index in [1.54, 1.807) is 17.0 Å². The highest BCUT2D eigenvalue weighted by atomic mass is 16.4. The van der Waals surface area contributed by atoms with Gasteiger partial charge in [0.15, 0.2) is 0 Å². The van der Waals surface area contributed by atoms with Gasteiger partial charge in [0, 0.05) is 12.4 Å². The first-order valence-corrected chi connectivity index (χ1v) is 4.61. The van der Waals surface area contributed by atoms with E-state index >= 15 is 0 Å². The van der Waals surface area contributed by atoms with Crippen molar-refractivity contribution in [1.82, 2.24) is 4.57 Å². The third kappa shape index (κ3) is 2.61. The number of hydrogen-bond donors (Lipinski definition) is 1. The van der Waals surface area contributed by atoms with Gasteiger partial charge in [-0.15, -0.1) is 0 Å². The molecule has 1 rings (SSSR count).